The molecule has 0 atom stereocenters. The topological polar surface area (TPSA) is 107 Å². The standard InChI is InChI=1S/C27H26FN5O4.2C2H6/c1-14-8-11-21(20(28)12-14)30-24-22-23(15(2)25(35)31(24)4)32(27(37)33(26(22)36)18-9-10-18)19-7-5-6-17(13-19)29-16(3)34;2*1-2/h5-8,11-13,18,30H,9-10H2,1-4H3,(H,29,34);2*1-2H3. The fraction of sp³-hybridized carbons (Fsp3) is 0.355. The van der Waals surface area contributed by atoms with E-state index in [0.717, 1.165) is 5.56 Å². The molecule has 2 N–H and O–H groups in total. The van der Waals surface area contributed by atoms with Crippen molar-refractivity contribution >= 4 is 34.0 Å². The number of hydrogen-bond acceptors (Lipinski definition) is 5. The van der Waals surface area contributed by atoms with Gasteiger partial charge in [-0.15, -0.1) is 0 Å². The molecule has 0 spiro atoms. The molecular weight excluding hydrogens is 525 g/mol. The summed E-state index contributed by atoms with van der Waals surface area (Å²) in [6, 6.07) is 10.9. The quantitative estimate of drug-likeness (QED) is 0.324. The van der Waals surface area contributed by atoms with Gasteiger partial charge in [-0.25, -0.2) is 9.18 Å². The Morgan fingerprint density at radius 1 is 0.951 bits per heavy atom. The van der Waals surface area contributed by atoms with Gasteiger partial charge in [0.2, 0.25) is 5.91 Å². The van der Waals surface area contributed by atoms with Crippen LogP contribution in [0.2, 0.25) is 0 Å². The second-order valence-corrected chi connectivity index (χ2v) is 9.43. The van der Waals surface area contributed by atoms with Gasteiger partial charge < -0.3 is 10.6 Å². The predicted molar refractivity (Wildman–Crippen MR) is 163 cm³/mol. The largest absolute Gasteiger partial charge is 0.338 e. The van der Waals surface area contributed by atoms with Gasteiger partial charge in [-0.2, -0.15) is 0 Å². The van der Waals surface area contributed by atoms with Crippen molar-refractivity contribution in [2.24, 2.45) is 7.05 Å². The maximum Gasteiger partial charge on any atom is 0.336 e. The van der Waals surface area contributed by atoms with E-state index in [9.17, 15) is 23.6 Å². The summed E-state index contributed by atoms with van der Waals surface area (Å²) in [7, 11) is 1.50. The molecule has 41 heavy (non-hydrogen) atoms. The summed E-state index contributed by atoms with van der Waals surface area (Å²) in [5, 5.41) is 5.73. The number of pyridine rings is 1. The van der Waals surface area contributed by atoms with Gasteiger partial charge in [0.25, 0.3) is 11.1 Å². The van der Waals surface area contributed by atoms with Crippen LogP contribution in [0.5, 0.6) is 0 Å². The Kier molecular flexibility index (Phi) is 9.70. The van der Waals surface area contributed by atoms with Gasteiger partial charge in [-0.3, -0.25) is 28.1 Å². The molecule has 2 aromatic carbocycles. The van der Waals surface area contributed by atoms with E-state index in [-0.39, 0.29) is 39.9 Å². The molecular formula is C31H38FN5O4. The lowest BCUT2D eigenvalue weighted by atomic mass is 10.1. The first-order chi connectivity index (χ1) is 19.6. The fourth-order valence-electron chi connectivity index (χ4n) is 4.63. The van der Waals surface area contributed by atoms with E-state index >= 15 is 0 Å². The van der Waals surface area contributed by atoms with Gasteiger partial charge in [-0.05, 0) is 62.6 Å². The molecule has 4 aromatic rings. The Hall–Kier alpha value is -4.47. The van der Waals surface area contributed by atoms with Crippen LogP contribution in [0.4, 0.5) is 21.6 Å². The number of nitrogens with zero attached hydrogens (tertiary/aromatic N) is 3. The molecule has 1 amide bonds. The number of amides is 1. The number of nitrogens with one attached hydrogen (secondary N) is 2. The summed E-state index contributed by atoms with van der Waals surface area (Å²) >= 11 is 0. The van der Waals surface area contributed by atoms with Crippen LogP contribution in [-0.4, -0.2) is 19.6 Å². The molecule has 1 saturated carbocycles. The van der Waals surface area contributed by atoms with E-state index in [1.807, 2.05) is 27.7 Å². The third-order valence-electron chi connectivity index (χ3n) is 6.56. The van der Waals surface area contributed by atoms with E-state index in [0.29, 0.717) is 24.2 Å². The molecule has 0 saturated heterocycles. The summed E-state index contributed by atoms with van der Waals surface area (Å²) < 4.78 is 18.6. The van der Waals surface area contributed by atoms with Crippen LogP contribution >= 0.6 is 0 Å². The lowest BCUT2D eigenvalue weighted by Gasteiger charge is -2.21. The highest BCUT2D eigenvalue weighted by Gasteiger charge is 2.31. The first-order valence-corrected chi connectivity index (χ1v) is 13.9. The minimum absolute atomic E-state index is 0.0829. The van der Waals surface area contributed by atoms with Crippen molar-refractivity contribution in [1.82, 2.24) is 13.7 Å². The number of hydrogen-bond donors (Lipinski definition) is 2. The third-order valence-corrected chi connectivity index (χ3v) is 6.56. The fourth-order valence-corrected chi connectivity index (χ4v) is 4.63. The zero-order valence-corrected chi connectivity index (χ0v) is 24.9. The van der Waals surface area contributed by atoms with Crippen LogP contribution in [0.15, 0.2) is 56.8 Å². The number of aromatic nitrogens is 3. The zero-order valence-electron chi connectivity index (χ0n) is 24.9. The molecule has 1 aliphatic carbocycles. The van der Waals surface area contributed by atoms with Gasteiger partial charge >= 0.3 is 5.69 Å². The highest BCUT2D eigenvalue weighted by Crippen LogP contribution is 2.34. The normalized spacial score (nSPS) is 12.1. The molecule has 1 aliphatic rings. The summed E-state index contributed by atoms with van der Waals surface area (Å²) in [6.07, 6.45) is 1.35. The number of rotatable bonds is 5. The Bertz CT molecular complexity index is 1780. The highest BCUT2D eigenvalue weighted by molar-refractivity contribution is 5.94. The number of halogens is 1. The van der Waals surface area contributed by atoms with Crippen LogP contribution in [0.25, 0.3) is 16.6 Å². The minimum atomic E-state index is -0.580. The lowest BCUT2D eigenvalue weighted by Crippen LogP contribution is -2.41. The Morgan fingerprint density at radius 2 is 1.61 bits per heavy atom. The van der Waals surface area contributed by atoms with E-state index in [4.69, 9.17) is 0 Å². The van der Waals surface area contributed by atoms with Crippen molar-refractivity contribution in [3.05, 3.63) is 90.6 Å². The van der Waals surface area contributed by atoms with Crippen LogP contribution in [0.1, 0.15) is 64.6 Å². The van der Waals surface area contributed by atoms with E-state index in [1.165, 1.54) is 39.8 Å². The van der Waals surface area contributed by atoms with E-state index in [2.05, 4.69) is 10.6 Å². The maximum absolute atomic E-state index is 14.8. The Labute approximate surface area is 238 Å². The number of fused-ring (bicyclic) bond motifs is 1. The zero-order chi connectivity index (χ0) is 30.6. The van der Waals surface area contributed by atoms with Crippen molar-refractivity contribution in [2.75, 3.05) is 10.6 Å². The Balaban J connectivity index is 0.00000111. The molecule has 0 unspecified atom stereocenters. The number of carbonyl (C=O) groups is 1. The predicted octanol–water partition coefficient (Wildman–Crippen LogP) is 5.70. The van der Waals surface area contributed by atoms with E-state index in [1.54, 1.807) is 44.2 Å². The molecule has 0 bridgehead atoms. The number of anilines is 3. The summed E-state index contributed by atoms with van der Waals surface area (Å²) in [5.41, 5.74) is 0.379. The smallest absolute Gasteiger partial charge is 0.336 e. The van der Waals surface area contributed by atoms with Gasteiger partial charge in [-0.1, -0.05) is 39.8 Å². The van der Waals surface area contributed by atoms with Crippen molar-refractivity contribution in [1.29, 1.82) is 0 Å². The molecule has 0 aliphatic heterocycles. The second-order valence-electron chi connectivity index (χ2n) is 9.43. The van der Waals surface area contributed by atoms with Crippen LogP contribution in [0.3, 0.4) is 0 Å². The van der Waals surface area contributed by atoms with Crippen LogP contribution in [-0.2, 0) is 11.8 Å². The van der Waals surface area contributed by atoms with Gasteiger partial charge in [0.15, 0.2) is 0 Å². The molecule has 2 aromatic heterocycles. The monoisotopic (exact) mass is 563 g/mol. The van der Waals surface area contributed by atoms with Gasteiger partial charge in [0.05, 0.1) is 16.9 Å². The second kappa shape index (κ2) is 12.8. The van der Waals surface area contributed by atoms with E-state index < -0.39 is 22.6 Å². The number of benzene rings is 2. The van der Waals surface area contributed by atoms with Crippen molar-refractivity contribution in [2.45, 2.75) is 67.3 Å². The van der Waals surface area contributed by atoms with Gasteiger partial charge in [0.1, 0.15) is 17.0 Å². The average molecular weight is 564 g/mol. The summed E-state index contributed by atoms with van der Waals surface area (Å²) in [6.45, 7) is 12.7. The first-order valence-electron chi connectivity index (χ1n) is 13.9. The van der Waals surface area contributed by atoms with Crippen molar-refractivity contribution in [3.63, 3.8) is 0 Å². The van der Waals surface area contributed by atoms with Crippen LogP contribution < -0.4 is 27.4 Å². The average Bonchev–Trinajstić information content (AvgIpc) is 3.78. The molecule has 10 heteroatoms. The molecule has 5 rings (SSSR count). The maximum atomic E-state index is 14.8. The molecule has 0 radical (unpaired) electrons. The lowest BCUT2D eigenvalue weighted by molar-refractivity contribution is -0.114. The highest BCUT2D eigenvalue weighted by atomic mass is 19.1. The van der Waals surface area contributed by atoms with Crippen molar-refractivity contribution < 1.29 is 9.18 Å². The SMILES string of the molecule is CC.CC.CC(=O)Nc1cccc(-n2c(=O)n(C3CC3)c(=O)c3c(Nc4ccc(C)cc4F)n(C)c(=O)c(C)c32)c1. The van der Waals surface area contributed by atoms with Gasteiger partial charge in [0, 0.05) is 31.3 Å². The Morgan fingerprint density at radius 3 is 2.20 bits per heavy atom. The van der Waals surface area contributed by atoms with Crippen LogP contribution in [0, 0.1) is 19.7 Å². The minimum Gasteiger partial charge on any atom is -0.338 e. The molecule has 2 heterocycles. The number of carbonyl (C=O) groups excluding carboxylic acids is 1. The summed E-state index contributed by atoms with van der Waals surface area (Å²) in [5.74, 6) is -0.742. The molecule has 1 fully saturated rings. The van der Waals surface area contributed by atoms with Crippen molar-refractivity contribution in [3.8, 4) is 5.69 Å². The molecule has 218 valence electrons. The third kappa shape index (κ3) is 6.01. The molecule has 9 nitrogen and oxygen atoms in total. The summed E-state index contributed by atoms with van der Waals surface area (Å²) in [4.78, 5) is 52.6. The first kappa shape index (κ1) is 31.1. The number of aryl methyl sites for hydroxylation is 2.